The Morgan fingerprint density at radius 2 is 1.89 bits per heavy atom. The van der Waals surface area contributed by atoms with Gasteiger partial charge in [-0.2, -0.15) is 4.31 Å². The quantitative estimate of drug-likeness (QED) is 0.798. The molecule has 2 heterocycles. The highest BCUT2D eigenvalue weighted by atomic mass is 32.2. The van der Waals surface area contributed by atoms with Gasteiger partial charge in [-0.05, 0) is 38.2 Å². The first kappa shape index (κ1) is 20.5. The minimum atomic E-state index is -3.62. The predicted octanol–water partition coefficient (Wildman–Crippen LogP) is 2.64. The summed E-state index contributed by atoms with van der Waals surface area (Å²) in [5.74, 6) is 0.323. The van der Waals surface area contributed by atoms with E-state index in [4.69, 9.17) is 4.52 Å². The lowest BCUT2D eigenvalue weighted by Crippen LogP contribution is -2.42. The van der Waals surface area contributed by atoms with Crippen LogP contribution in [0.15, 0.2) is 39.8 Å². The van der Waals surface area contributed by atoms with Crippen molar-refractivity contribution in [1.82, 2.24) is 14.8 Å². The average molecular weight is 406 g/mol. The summed E-state index contributed by atoms with van der Waals surface area (Å²) in [4.78, 5) is 12.7. The molecule has 1 amide bonds. The molecule has 1 aromatic carbocycles. The minimum Gasteiger partial charge on any atom is -0.360 e. The molecule has 28 heavy (non-hydrogen) atoms. The number of piperidine rings is 1. The number of amides is 1. The Morgan fingerprint density at radius 3 is 2.46 bits per heavy atom. The molecular weight excluding hydrogens is 378 g/mol. The van der Waals surface area contributed by atoms with Crippen LogP contribution >= 0.6 is 0 Å². The molecule has 1 fully saturated rings. The highest BCUT2D eigenvalue weighted by Crippen LogP contribution is 2.30. The van der Waals surface area contributed by atoms with E-state index >= 15 is 0 Å². The van der Waals surface area contributed by atoms with E-state index in [9.17, 15) is 13.2 Å². The number of nitrogens with one attached hydrogen (secondary N) is 1. The zero-order chi connectivity index (χ0) is 20.3. The Hall–Kier alpha value is -2.19. The number of carbonyl (C=O) groups excluding carboxylic acids is 1. The molecule has 1 saturated heterocycles. The lowest BCUT2D eigenvalue weighted by atomic mass is 9.85. The van der Waals surface area contributed by atoms with Gasteiger partial charge in [0.1, 0.15) is 10.6 Å². The first-order valence-electron chi connectivity index (χ1n) is 9.55. The number of hydrogen-bond donors (Lipinski definition) is 1. The largest absolute Gasteiger partial charge is 0.360 e. The summed E-state index contributed by atoms with van der Waals surface area (Å²) in [5.41, 5.74) is 1.44. The van der Waals surface area contributed by atoms with E-state index in [0.717, 1.165) is 5.56 Å². The van der Waals surface area contributed by atoms with E-state index in [2.05, 4.69) is 10.5 Å². The third kappa shape index (κ3) is 4.28. The molecule has 0 unspecified atom stereocenters. The van der Waals surface area contributed by atoms with Crippen LogP contribution in [-0.4, -0.2) is 36.9 Å². The second-order valence-corrected chi connectivity index (χ2v) is 9.26. The summed E-state index contributed by atoms with van der Waals surface area (Å²) in [7, 11) is -3.62. The second-order valence-electron chi connectivity index (χ2n) is 7.39. The van der Waals surface area contributed by atoms with Crippen molar-refractivity contribution in [3.8, 4) is 0 Å². The van der Waals surface area contributed by atoms with Crippen LogP contribution in [0.5, 0.6) is 0 Å². The standard InChI is InChI=1S/C20H27N3O4S/c1-14(20(24)21-13-17-7-5-4-6-8-17)18-9-11-23(12-10-18)28(25,26)19-15(2)22-27-16(19)3/h4-8,14,18H,9-13H2,1-3H3,(H,21,24)/t14-/m1/s1. The van der Waals surface area contributed by atoms with Crippen LogP contribution in [0, 0.1) is 25.7 Å². The van der Waals surface area contributed by atoms with Crippen LogP contribution in [0.3, 0.4) is 0 Å². The lowest BCUT2D eigenvalue weighted by molar-refractivity contribution is -0.126. The van der Waals surface area contributed by atoms with Gasteiger partial charge in [-0.1, -0.05) is 42.4 Å². The molecule has 0 saturated carbocycles. The van der Waals surface area contributed by atoms with Gasteiger partial charge in [0.25, 0.3) is 0 Å². The molecule has 7 nitrogen and oxygen atoms in total. The Kier molecular flexibility index (Phi) is 6.20. The molecule has 0 spiro atoms. The van der Waals surface area contributed by atoms with E-state index < -0.39 is 10.0 Å². The maximum Gasteiger partial charge on any atom is 0.248 e. The minimum absolute atomic E-state index is 0.0101. The summed E-state index contributed by atoms with van der Waals surface area (Å²) < 4.78 is 32.3. The number of nitrogens with zero attached hydrogens (tertiary/aromatic N) is 2. The fraction of sp³-hybridized carbons (Fsp3) is 0.500. The van der Waals surface area contributed by atoms with E-state index in [0.29, 0.717) is 43.9 Å². The van der Waals surface area contributed by atoms with Crippen molar-refractivity contribution in [3.63, 3.8) is 0 Å². The zero-order valence-corrected chi connectivity index (χ0v) is 17.3. The van der Waals surface area contributed by atoms with Gasteiger partial charge in [0.15, 0.2) is 5.76 Å². The van der Waals surface area contributed by atoms with Gasteiger partial charge >= 0.3 is 0 Å². The van der Waals surface area contributed by atoms with Crippen LogP contribution in [0.25, 0.3) is 0 Å². The van der Waals surface area contributed by atoms with Crippen molar-refractivity contribution in [1.29, 1.82) is 0 Å². The molecule has 1 N–H and O–H groups in total. The van der Waals surface area contributed by atoms with Crippen molar-refractivity contribution in [2.24, 2.45) is 11.8 Å². The molecule has 1 aliphatic rings. The molecule has 152 valence electrons. The molecule has 0 radical (unpaired) electrons. The molecule has 1 atom stereocenters. The van der Waals surface area contributed by atoms with Crippen molar-refractivity contribution in [2.45, 2.75) is 45.1 Å². The van der Waals surface area contributed by atoms with Crippen molar-refractivity contribution < 1.29 is 17.7 Å². The second kappa shape index (κ2) is 8.45. The van der Waals surface area contributed by atoms with Gasteiger partial charge in [-0.25, -0.2) is 8.42 Å². The zero-order valence-electron chi connectivity index (χ0n) is 16.5. The van der Waals surface area contributed by atoms with Gasteiger partial charge < -0.3 is 9.84 Å². The van der Waals surface area contributed by atoms with Crippen LogP contribution in [0.4, 0.5) is 0 Å². The summed E-state index contributed by atoms with van der Waals surface area (Å²) in [5, 5.41) is 6.74. The maximum atomic E-state index is 12.9. The van der Waals surface area contributed by atoms with Gasteiger partial charge in [0, 0.05) is 25.6 Å². The fourth-order valence-electron chi connectivity index (χ4n) is 3.75. The van der Waals surface area contributed by atoms with E-state index in [1.165, 1.54) is 4.31 Å². The number of aryl methyl sites for hydroxylation is 2. The number of aromatic nitrogens is 1. The van der Waals surface area contributed by atoms with E-state index in [1.807, 2.05) is 37.3 Å². The third-order valence-corrected chi connectivity index (χ3v) is 7.64. The smallest absolute Gasteiger partial charge is 0.248 e. The van der Waals surface area contributed by atoms with Crippen LogP contribution in [0.2, 0.25) is 0 Å². The molecule has 8 heteroatoms. The highest BCUT2D eigenvalue weighted by Gasteiger charge is 2.36. The average Bonchev–Trinajstić information content (AvgIpc) is 3.05. The highest BCUT2D eigenvalue weighted by molar-refractivity contribution is 7.89. The first-order valence-corrected chi connectivity index (χ1v) is 11.0. The molecular formula is C20H27N3O4S. The maximum absolute atomic E-state index is 12.9. The SMILES string of the molecule is Cc1noc(C)c1S(=O)(=O)N1CCC([C@@H](C)C(=O)NCc2ccccc2)CC1. The van der Waals surface area contributed by atoms with Crippen molar-refractivity contribution in [3.05, 3.63) is 47.3 Å². The van der Waals surface area contributed by atoms with Gasteiger partial charge in [-0.3, -0.25) is 4.79 Å². The molecule has 1 aromatic heterocycles. The van der Waals surface area contributed by atoms with Crippen LogP contribution in [0.1, 0.15) is 36.8 Å². The van der Waals surface area contributed by atoms with Crippen LogP contribution in [-0.2, 0) is 21.4 Å². The number of sulfonamides is 1. The Labute approximate surface area is 166 Å². The number of benzene rings is 1. The monoisotopic (exact) mass is 405 g/mol. The first-order chi connectivity index (χ1) is 13.3. The van der Waals surface area contributed by atoms with Crippen molar-refractivity contribution >= 4 is 15.9 Å². The van der Waals surface area contributed by atoms with Gasteiger partial charge in [-0.15, -0.1) is 0 Å². The molecule has 0 bridgehead atoms. The normalized spacial score (nSPS) is 17.4. The predicted molar refractivity (Wildman–Crippen MR) is 105 cm³/mol. The molecule has 1 aliphatic heterocycles. The van der Waals surface area contributed by atoms with Crippen molar-refractivity contribution in [2.75, 3.05) is 13.1 Å². The number of carbonyl (C=O) groups is 1. The topological polar surface area (TPSA) is 92.5 Å². The fourth-order valence-corrected chi connectivity index (χ4v) is 5.51. The summed E-state index contributed by atoms with van der Waals surface area (Å²) in [6, 6.07) is 9.78. The molecule has 2 aromatic rings. The third-order valence-electron chi connectivity index (χ3n) is 5.49. The van der Waals surface area contributed by atoms with Gasteiger partial charge in [0.05, 0.1) is 0 Å². The Morgan fingerprint density at radius 1 is 1.25 bits per heavy atom. The summed E-state index contributed by atoms with van der Waals surface area (Å²) in [6.45, 7) is 6.46. The van der Waals surface area contributed by atoms with Gasteiger partial charge in [0.2, 0.25) is 15.9 Å². The van der Waals surface area contributed by atoms with E-state index in [-0.39, 0.29) is 22.6 Å². The molecule has 3 rings (SSSR count). The Bertz CT molecular complexity index is 897. The Balaban J connectivity index is 1.56. The van der Waals surface area contributed by atoms with E-state index in [1.54, 1.807) is 13.8 Å². The van der Waals surface area contributed by atoms with Crippen LogP contribution < -0.4 is 5.32 Å². The molecule has 0 aliphatic carbocycles. The summed E-state index contributed by atoms with van der Waals surface area (Å²) >= 11 is 0. The number of hydrogen-bond acceptors (Lipinski definition) is 5. The number of rotatable bonds is 6. The lowest BCUT2D eigenvalue weighted by Gasteiger charge is -2.33. The summed E-state index contributed by atoms with van der Waals surface area (Å²) in [6.07, 6.45) is 1.31.